The van der Waals surface area contributed by atoms with E-state index in [9.17, 15) is 4.79 Å². The van der Waals surface area contributed by atoms with Crippen molar-refractivity contribution in [2.45, 2.75) is 13.8 Å². The highest BCUT2D eigenvalue weighted by atomic mass is 16.3. The van der Waals surface area contributed by atoms with Crippen LogP contribution >= 0.6 is 0 Å². The fourth-order valence-electron chi connectivity index (χ4n) is 1.79. The van der Waals surface area contributed by atoms with Crippen molar-refractivity contribution in [2.24, 2.45) is 0 Å². The zero-order valence-corrected chi connectivity index (χ0v) is 11.4. The first-order chi connectivity index (χ1) is 9.61. The van der Waals surface area contributed by atoms with Crippen molar-refractivity contribution in [3.63, 3.8) is 0 Å². The lowest BCUT2D eigenvalue weighted by Crippen LogP contribution is -2.13. The smallest absolute Gasteiger partial charge is 0.291 e. The van der Waals surface area contributed by atoms with E-state index in [0.29, 0.717) is 11.3 Å². The van der Waals surface area contributed by atoms with E-state index in [-0.39, 0.29) is 18.3 Å². The quantitative estimate of drug-likeness (QED) is 0.823. The topological polar surface area (TPSA) is 62.5 Å². The van der Waals surface area contributed by atoms with Gasteiger partial charge in [0.05, 0.1) is 12.0 Å². The molecule has 1 aromatic carbocycles. The van der Waals surface area contributed by atoms with E-state index in [1.165, 1.54) is 6.26 Å². The van der Waals surface area contributed by atoms with E-state index in [1.807, 2.05) is 19.1 Å². The molecule has 2 aromatic rings. The Labute approximate surface area is 117 Å². The van der Waals surface area contributed by atoms with Gasteiger partial charge in [-0.3, -0.25) is 4.79 Å². The minimum Gasteiger partial charge on any atom is -0.459 e. The fourth-order valence-corrected chi connectivity index (χ4v) is 1.79. The Hall–Kier alpha value is -2.51. The van der Waals surface area contributed by atoms with Gasteiger partial charge in [0.1, 0.15) is 6.61 Å². The van der Waals surface area contributed by atoms with Gasteiger partial charge in [-0.15, -0.1) is 0 Å². The Morgan fingerprint density at radius 1 is 1.35 bits per heavy atom. The number of aliphatic hydroxyl groups excluding tert-OH is 1. The largest absolute Gasteiger partial charge is 0.459 e. The maximum atomic E-state index is 12.1. The van der Waals surface area contributed by atoms with Crippen LogP contribution in [0.15, 0.2) is 34.9 Å². The molecule has 1 aromatic heterocycles. The number of anilines is 1. The third-order valence-corrected chi connectivity index (χ3v) is 2.79. The number of hydrogen-bond donors (Lipinski definition) is 2. The van der Waals surface area contributed by atoms with Crippen molar-refractivity contribution in [1.82, 2.24) is 0 Å². The molecule has 0 radical (unpaired) electrons. The van der Waals surface area contributed by atoms with Gasteiger partial charge in [0, 0.05) is 11.1 Å². The number of nitrogens with one attached hydrogen (secondary N) is 1. The van der Waals surface area contributed by atoms with E-state index in [0.717, 1.165) is 11.1 Å². The molecular formula is C16H15NO3. The number of aryl methyl sites for hydroxylation is 2. The highest BCUT2D eigenvalue weighted by Gasteiger charge is 2.14. The molecule has 0 bridgehead atoms. The number of benzene rings is 1. The first kappa shape index (κ1) is 13.9. The highest BCUT2D eigenvalue weighted by Crippen LogP contribution is 2.18. The van der Waals surface area contributed by atoms with Crippen LogP contribution in [0.3, 0.4) is 0 Å². The molecule has 20 heavy (non-hydrogen) atoms. The van der Waals surface area contributed by atoms with E-state index in [2.05, 4.69) is 17.2 Å². The average Bonchev–Trinajstić information content (AvgIpc) is 2.85. The predicted molar refractivity (Wildman–Crippen MR) is 76.5 cm³/mol. The molecule has 4 heteroatoms. The number of aliphatic hydroxyl groups is 1. The molecule has 0 fully saturated rings. The Kier molecular flexibility index (Phi) is 4.24. The SMILES string of the molecule is Cc1ccc(NC(=O)c2occc2C)c(C#CCO)c1. The van der Waals surface area contributed by atoms with Gasteiger partial charge in [-0.2, -0.15) is 0 Å². The van der Waals surface area contributed by atoms with Crippen LogP contribution in [0.2, 0.25) is 0 Å². The van der Waals surface area contributed by atoms with Gasteiger partial charge >= 0.3 is 0 Å². The lowest BCUT2D eigenvalue weighted by atomic mass is 10.1. The number of amides is 1. The molecule has 102 valence electrons. The fraction of sp³-hybridized carbons (Fsp3) is 0.188. The highest BCUT2D eigenvalue weighted by molar-refractivity contribution is 6.03. The summed E-state index contributed by atoms with van der Waals surface area (Å²) < 4.78 is 5.15. The zero-order valence-electron chi connectivity index (χ0n) is 11.4. The second-order valence-electron chi connectivity index (χ2n) is 4.40. The van der Waals surface area contributed by atoms with Crippen LogP contribution in [-0.2, 0) is 0 Å². The second kappa shape index (κ2) is 6.09. The molecular weight excluding hydrogens is 254 g/mol. The minimum atomic E-state index is -0.316. The molecule has 0 atom stereocenters. The Bertz CT molecular complexity index is 689. The van der Waals surface area contributed by atoms with Crippen LogP contribution in [0.5, 0.6) is 0 Å². The van der Waals surface area contributed by atoms with Gasteiger partial charge < -0.3 is 14.8 Å². The number of carbonyl (C=O) groups is 1. The maximum absolute atomic E-state index is 12.1. The predicted octanol–water partition coefficient (Wildman–Crippen LogP) is 2.49. The third-order valence-electron chi connectivity index (χ3n) is 2.79. The van der Waals surface area contributed by atoms with Gasteiger partial charge in [-0.1, -0.05) is 17.9 Å². The molecule has 0 unspecified atom stereocenters. The monoisotopic (exact) mass is 269 g/mol. The van der Waals surface area contributed by atoms with Crippen molar-refractivity contribution in [1.29, 1.82) is 0 Å². The van der Waals surface area contributed by atoms with Crippen LogP contribution in [0, 0.1) is 25.7 Å². The van der Waals surface area contributed by atoms with Crippen LogP contribution in [0.1, 0.15) is 27.2 Å². The van der Waals surface area contributed by atoms with Crippen LogP contribution in [0.25, 0.3) is 0 Å². The summed E-state index contributed by atoms with van der Waals surface area (Å²) in [5.41, 5.74) is 3.06. The first-order valence-corrected chi connectivity index (χ1v) is 6.17. The summed E-state index contributed by atoms with van der Waals surface area (Å²) in [5, 5.41) is 11.6. The molecule has 1 amide bonds. The van der Waals surface area contributed by atoms with Crippen LogP contribution in [0.4, 0.5) is 5.69 Å². The van der Waals surface area contributed by atoms with Crippen molar-refractivity contribution in [3.8, 4) is 11.8 Å². The second-order valence-corrected chi connectivity index (χ2v) is 4.40. The summed E-state index contributed by atoms with van der Waals surface area (Å²) >= 11 is 0. The minimum absolute atomic E-state index is 0.224. The summed E-state index contributed by atoms with van der Waals surface area (Å²) in [7, 11) is 0. The molecule has 1 heterocycles. The molecule has 4 nitrogen and oxygen atoms in total. The maximum Gasteiger partial charge on any atom is 0.291 e. The number of furan rings is 1. The third kappa shape index (κ3) is 3.08. The Balaban J connectivity index is 2.29. The standard InChI is InChI=1S/C16H15NO3/c1-11-5-6-14(13(10-11)4-3-8-18)17-16(19)15-12(2)7-9-20-15/h5-7,9-10,18H,8H2,1-2H3,(H,17,19). The molecule has 0 spiro atoms. The summed E-state index contributed by atoms with van der Waals surface area (Å²) in [6.45, 7) is 3.52. The summed E-state index contributed by atoms with van der Waals surface area (Å²) in [6.07, 6.45) is 1.48. The van der Waals surface area contributed by atoms with Gasteiger partial charge in [0.25, 0.3) is 5.91 Å². The van der Waals surface area contributed by atoms with Crippen LogP contribution in [-0.4, -0.2) is 17.6 Å². The molecule has 2 N–H and O–H groups in total. The van der Waals surface area contributed by atoms with E-state index < -0.39 is 0 Å². The van der Waals surface area contributed by atoms with Gasteiger partial charge in [-0.25, -0.2) is 0 Å². The molecule has 0 saturated heterocycles. The summed E-state index contributed by atoms with van der Waals surface area (Å²) in [4.78, 5) is 12.1. The van der Waals surface area contributed by atoms with Crippen molar-refractivity contribution in [3.05, 3.63) is 53.0 Å². The normalized spacial score (nSPS) is 9.75. The van der Waals surface area contributed by atoms with Gasteiger partial charge in [0.2, 0.25) is 0 Å². The average molecular weight is 269 g/mol. The van der Waals surface area contributed by atoms with E-state index >= 15 is 0 Å². The number of carbonyl (C=O) groups excluding carboxylic acids is 1. The van der Waals surface area contributed by atoms with E-state index in [1.54, 1.807) is 19.1 Å². The van der Waals surface area contributed by atoms with Gasteiger partial charge in [0.15, 0.2) is 5.76 Å². The molecule has 2 rings (SSSR count). The number of hydrogen-bond acceptors (Lipinski definition) is 3. The van der Waals surface area contributed by atoms with Crippen LogP contribution < -0.4 is 5.32 Å². The first-order valence-electron chi connectivity index (χ1n) is 6.17. The summed E-state index contributed by atoms with van der Waals surface area (Å²) in [5.74, 6) is 5.37. The zero-order chi connectivity index (χ0) is 14.5. The lowest BCUT2D eigenvalue weighted by molar-refractivity contribution is 0.0996. The van der Waals surface area contributed by atoms with E-state index in [4.69, 9.17) is 9.52 Å². The number of rotatable bonds is 2. The van der Waals surface area contributed by atoms with Crippen molar-refractivity contribution < 1.29 is 14.3 Å². The molecule has 0 aliphatic heterocycles. The molecule has 0 saturated carbocycles. The lowest BCUT2D eigenvalue weighted by Gasteiger charge is -2.07. The Morgan fingerprint density at radius 2 is 2.15 bits per heavy atom. The molecule has 0 aliphatic carbocycles. The molecule has 0 aliphatic rings. The van der Waals surface area contributed by atoms with Crippen molar-refractivity contribution >= 4 is 11.6 Å². The summed E-state index contributed by atoms with van der Waals surface area (Å²) in [6, 6.07) is 7.26. The van der Waals surface area contributed by atoms with Gasteiger partial charge in [-0.05, 0) is 37.6 Å². The Morgan fingerprint density at radius 3 is 2.80 bits per heavy atom. The van der Waals surface area contributed by atoms with Crippen molar-refractivity contribution in [2.75, 3.05) is 11.9 Å².